The molecule has 32 heavy (non-hydrogen) atoms. The second-order valence-electron chi connectivity index (χ2n) is 8.01. The average Bonchev–Trinajstić information content (AvgIpc) is 3.16. The molecule has 9 nitrogen and oxygen atoms in total. The minimum absolute atomic E-state index is 0.0133. The number of amides is 1. The van der Waals surface area contributed by atoms with Crippen molar-refractivity contribution in [3.63, 3.8) is 0 Å². The van der Waals surface area contributed by atoms with Crippen LogP contribution < -0.4 is 4.90 Å². The van der Waals surface area contributed by atoms with Gasteiger partial charge < -0.3 is 9.80 Å². The van der Waals surface area contributed by atoms with Crippen LogP contribution in [0.5, 0.6) is 0 Å². The van der Waals surface area contributed by atoms with Gasteiger partial charge in [-0.25, -0.2) is 14.6 Å². The van der Waals surface area contributed by atoms with Crippen molar-refractivity contribution in [2.24, 2.45) is 0 Å². The van der Waals surface area contributed by atoms with Gasteiger partial charge in [0.15, 0.2) is 5.82 Å². The zero-order valence-corrected chi connectivity index (χ0v) is 18.4. The number of fused-ring (bicyclic) bond motifs is 1. The first-order valence-corrected chi connectivity index (χ1v) is 10.6. The van der Waals surface area contributed by atoms with Crippen LogP contribution in [0.4, 0.5) is 5.82 Å². The molecule has 1 saturated heterocycles. The van der Waals surface area contributed by atoms with E-state index < -0.39 is 0 Å². The molecule has 1 aromatic carbocycles. The Hall–Kier alpha value is -3.88. The van der Waals surface area contributed by atoms with Gasteiger partial charge in [0.1, 0.15) is 11.6 Å². The molecule has 0 bridgehead atoms. The SMILES string of the molecule is Cc1cc(C)n(-c2cc(N3CCN(C(=O)c4ccc5nccnc5c4)CC3)nc(C)n2)n1. The zero-order chi connectivity index (χ0) is 22.2. The average molecular weight is 429 g/mol. The van der Waals surface area contributed by atoms with Crippen LogP contribution in [-0.4, -0.2) is 66.7 Å². The summed E-state index contributed by atoms with van der Waals surface area (Å²) in [6.07, 6.45) is 3.29. The van der Waals surface area contributed by atoms with Crippen LogP contribution in [0.1, 0.15) is 27.6 Å². The largest absolute Gasteiger partial charge is 0.353 e. The minimum atomic E-state index is 0.0133. The van der Waals surface area contributed by atoms with E-state index in [2.05, 4.69) is 29.9 Å². The zero-order valence-electron chi connectivity index (χ0n) is 18.4. The van der Waals surface area contributed by atoms with E-state index in [4.69, 9.17) is 0 Å². The molecule has 4 heterocycles. The van der Waals surface area contributed by atoms with Crippen molar-refractivity contribution in [3.05, 3.63) is 65.5 Å². The fourth-order valence-corrected chi connectivity index (χ4v) is 4.09. The third kappa shape index (κ3) is 3.77. The smallest absolute Gasteiger partial charge is 0.254 e. The highest BCUT2D eigenvalue weighted by atomic mass is 16.2. The summed E-state index contributed by atoms with van der Waals surface area (Å²) in [5.74, 6) is 2.32. The Bertz CT molecular complexity index is 1310. The number of piperazine rings is 1. The molecule has 4 aromatic rings. The molecule has 0 N–H and O–H groups in total. The summed E-state index contributed by atoms with van der Waals surface area (Å²) in [7, 11) is 0. The molecule has 1 aliphatic rings. The van der Waals surface area contributed by atoms with E-state index in [1.807, 2.05) is 60.7 Å². The standard InChI is InChI=1S/C23H24N8O/c1-15-12-16(2)31(28-15)22-14-21(26-17(3)27-22)29-8-10-30(11-9-29)23(32)18-4-5-19-20(13-18)25-7-6-24-19/h4-7,12-14H,8-11H2,1-3H3. The lowest BCUT2D eigenvalue weighted by molar-refractivity contribution is 0.0746. The molecule has 5 rings (SSSR count). The third-order valence-corrected chi connectivity index (χ3v) is 5.64. The third-order valence-electron chi connectivity index (χ3n) is 5.64. The molecule has 1 aliphatic heterocycles. The van der Waals surface area contributed by atoms with Crippen molar-refractivity contribution in [1.82, 2.24) is 34.6 Å². The van der Waals surface area contributed by atoms with Gasteiger partial charge in [0, 0.05) is 55.9 Å². The first kappa shape index (κ1) is 20.0. The number of nitrogens with zero attached hydrogens (tertiary/aromatic N) is 8. The van der Waals surface area contributed by atoms with Crippen LogP contribution in [0.25, 0.3) is 16.9 Å². The summed E-state index contributed by atoms with van der Waals surface area (Å²) in [5, 5.41) is 4.54. The van der Waals surface area contributed by atoms with Gasteiger partial charge in [-0.1, -0.05) is 0 Å². The van der Waals surface area contributed by atoms with Crippen molar-refractivity contribution in [2.75, 3.05) is 31.1 Å². The van der Waals surface area contributed by atoms with Crippen molar-refractivity contribution in [1.29, 1.82) is 0 Å². The summed E-state index contributed by atoms with van der Waals surface area (Å²) < 4.78 is 1.84. The van der Waals surface area contributed by atoms with Gasteiger partial charge >= 0.3 is 0 Å². The Morgan fingerprint density at radius 3 is 2.28 bits per heavy atom. The summed E-state index contributed by atoms with van der Waals surface area (Å²) in [5.41, 5.74) is 4.13. The topological polar surface area (TPSA) is 92.9 Å². The fraction of sp³-hybridized carbons (Fsp3) is 0.304. The molecule has 1 amide bonds. The van der Waals surface area contributed by atoms with E-state index in [1.165, 1.54) is 0 Å². The molecule has 3 aromatic heterocycles. The first-order chi connectivity index (χ1) is 15.5. The molecule has 0 unspecified atom stereocenters. The molecule has 162 valence electrons. The number of anilines is 1. The highest BCUT2D eigenvalue weighted by Crippen LogP contribution is 2.20. The van der Waals surface area contributed by atoms with Crippen molar-refractivity contribution in [2.45, 2.75) is 20.8 Å². The molecule has 0 radical (unpaired) electrons. The number of rotatable bonds is 3. The predicted molar refractivity (Wildman–Crippen MR) is 121 cm³/mol. The molecule has 0 aliphatic carbocycles. The summed E-state index contributed by atoms with van der Waals surface area (Å²) in [6.45, 7) is 8.52. The van der Waals surface area contributed by atoms with Crippen LogP contribution in [0.15, 0.2) is 42.7 Å². The Labute approximate surface area is 185 Å². The lowest BCUT2D eigenvalue weighted by atomic mass is 10.1. The molecule has 1 fully saturated rings. The van der Waals surface area contributed by atoms with Gasteiger partial charge in [0.05, 0.1) is 16.7 Å². The number of hydrogen-bond donors (Lipinski definition) is 0. The number of aromatic nitrogens is 6. The van der Waals surface area contributed by atoms with E-state index in [1.54, 1.807) is 12.4 Å². The number of carbonyl (C=O) groups is 1. The number of benzene rings is 1. The molecule has 0 saturated carbocycles. The molecule has 9 heteroatoms. The Balaban J connectivity index is 1.32. The second kappa shape index (κ2) is 7.99. The maximum Gasteiger partial charge on any atom is 0.254 e. The quantitative estimate of drug-likeness (QED) is 0.495. The lowest BCUT2D eigenvalue weighted by Gasteiger charge is -2.35. The lowest BCUT2D eigenvalue weighted by Crippen LogP contribution is -2.49. The monoisotopic (exact) mass is 428 g/mol. The normalized spacial score (nSPS) is 14.2. The second-order valence-corrected chi connectivity index (χ2v) is 8.01. The highest BCUT2D eigenvalue weighted by molar-refractivity contribution is 5.97. The summed E-state index contributed by atoms with van der Waals surface area (Å²) >= 11 is 0. The van der Waals surface area contributed by atoms with Crippen LogP contribution >= 0.6 is 0 Å². The molecule has 0 spiro atoms. The Morgan fingerprint density at radius 1 is 0.844 bits per heavy atom. The molecular formula is C23H24N8O. The first-order valence-electron chi connectivity index (χ1n) is 10.6. The van der Waals surface area contributed by atoms with Crippen LogP contribution in [0, 0.1) is 20.8 Å². The number of carbonyl (C=O) groups excluding carboxylic acids is 1. The summed E-state index contributed by atoms with van der Waals surface area (Å²) in [6, 6.07) is 9.47. The Morgan fingerprint density at radius 2 is 1.56 bits per heavy atom. The van der Waals surface area contributed by atoms with Crippen molar-refractivity contribution < 1.29 is 4.79 Å². The van der Waals surface area contributed by atoms with Crippen LogP contribution in [0.2, 0.25) is 0 Å². The van der Waals surface area contributed by atoms with Crippen molar-refractivity contribution in [3.8, 4) is 5.82 Å². The summed E-state index contributed by atoms with van der Waals surface area (Å²) in [4.78, 5) is 34.9. The number of hydrogen-bond acceptors (Lipinski definition) is 7. The van der Waals surface area contributed by atoms with Gasteiger partial charge in [0.25, 0.3) is 5.91 Å². The fourth-order valence-electron chi connectivity index (χ4n) is 4.09. The highest BCUT2D eigenvalue weighted by Gasteiger charge is 2.24. The van der Waals surface area contributed by atoms with Crippen LogP contribution in [0.3, 0.4) is 0 Å². The van der Waals surface area contributed by atoms with Gasteiger partial charge in [-0.2, -0.15) is 5.10 Å². The van der Waals surface area contributed by atoms with E-state index in [0.717, 1.165) is 34.1 Å². The predicted octanol–water partition coefficient (Wildman–Crippen LogP) is 2.49. The van der Waals surface area contributed by atoms with E-state index in [-0.39, 0.29) is 5.91 Å². The van der Waals surface area contributed by atoms with E-state index >= 15 is 0 Å². The van der Waals surface area contributed by atoms with E-state index in [0.29, 0.717) is 37.6 Å². The molecule has 0 atom stereocenters. The van der Waals surface area contributed by atoms with Gasteiger partial charge in [-0.3, -0.25) is 14.8 Å². The Kier molecular flexibility index (Phi) is 5.01. The minimum Gasteiger partial charge on any atom is -0.353 e. The van der Waals surface area contributed by atoms with Crippen LogP contribution in [-0.2, 0) is 0 Å². The van der Waals surface area contributed by atoms with Gasteiger partial charge in [-0.05, 0) is 45.0 Å². The van der Waals surface area contributed by atoms with Crippen molar-refractivity contribution >= 4 is 22.8 Å². The number of aryl methyl sites for hydroxylation is 3. The van der Waals surface area contributed by atoms with Gasteiger partial charge in [0.2, 0.25) is 0 Å². The molecular weight excluding hydrogens is 404 g/mol. The van der Waals surface area contributed by atoms with E-state index in [9.17, 15) is 4.79 Å². The maximum atomic E-state index is 13.0. The maximum absolute atomic E-state index is 13.0. The van der Waals surface area contributed by atoms with Gasteiger partial charge in [-0.15, -0.1) is 0 Å².